The minimum absolute atomic E-state index is 0.482. The summed E-state index contributed by atoms with van der Waals surface area (Å²) in [4.78, 5) is 8.44. The van der Waals surface area contributed by atoms with Gasteiger partial charge < -0.3 is 5.73 Å². The Labute approximate surface area is 118 Å². The van der Waals surface area contributed by atoms with Crippen molar-refractivity contribution < 1.29 is 0 Å². The summed E-state index contributed by atoms with van der Waals surface area (Å²) in [7, 11) is 0. The zero-order valence-electron chi connectivity index (χ0n) is 9.14. The summed E-state index contributed by atoms with van der Waals surface area (Å²) >= 11 is 3.90. The second-order valence-corrected chi connectivity index (χ2v) is 5.41. The van der Waals surface area contributed by atoms with Crippen molar-refractivity contribution in [1.29, 1.82) is 0 Å². The van der Waals surface area contributed by atoms with E-state index in [0.29, 0.717) is 6.54 Å². The van der Waals surface area contributed by atoms with Gasteiger partial charge in [0.15, 0.2) is 0 Å². The average Bonchev–Trinajstić information content (AvgIpc) is 2.37. The number of nitrogens with two attached hydrogens (primary N) is 1. The van der Waals surface area contributed by atoms with E-state index in [9.17, 15) is 0 Å². The van der Waals surface area contributed by atoms with Crippen LogP contribution in [-0.4, -0.2) is 9.97 Å². The Bertz CT molecular complexity index is 490. The highest BCUT2D eigenvalue weighted by molar-refractivity contribution is 14.1. The Balaban J connectivity index is 2.12. The van der Waals surface area contributed by atoms with Gasteiger partial charge in [-0.3, -0.25) is 0 Å². The molecule has 0 amide bonds. The summed E-state index contributed by atoms with van der Waals surface area (Å²) in [5, 5.41) is 0.982. The fourth-order valence-corrected chi connectivity index (χ4v) is 3.15. The molecule has 0 unspecified atom stereocenters. The number of hydrogen-bond donors (Lipinski definition) is 1. The zero-order chi connectivity index (χ0) is 12.1. The third-order valence-electron chi connectivity index (χ3n) is 2.28. The maximum Gasteiger partial charge on any atom is 0.117 e. The molecule has 0 aliphatic carbocycles. The first kappa shape index (κ1) is 12.8. The molecule has 0 bridgehead atoms. The smallest absolute Gasteiger partial charge is 0.117 e. The number of hydrogen-bond acceptors (Lipinski definition) is 4. The predicted molar refractivity (Wildman–Crippen MR) is 78.6 cm³/mol. The van der Waals surface area contributed by atoms with Crippen LogP contribution in [0.1, 0.15) is 11.1 Å². The Morgan fingerprint density at radius 1 is 1.18 bits per heavy atom. The normalized spacial score (nSPS) is 10.5. The van der Waals surface area contributed by atoms with Gasteiger partial charge in [-0.05, 0) is 28.2 Å². The topological polar surface area (TPSA) is 51.8 Å². The molecule has 2 rings (SSSR count). The van der Waals surface area contributed by atoms with Gasteiger partial charge in [0, 0.05) is 17.9 Å². The fourth-order valence-electron chi connectivity index (χ4n) is 1.40. The molecule has 0 radical (unpaired) electrons. The van der Waals surface area contributed by atoms with Gasteiger partial charge >= 0.3 is 0 Å². The quantitative estimate of drug-likeness (QED) is 0.519. The summed E-state index contributed by atoms with van der Waals surface area (Å²) in [6.45, 7) is 0.482. The van der Waals surface area contributed by atoms with Crippen molar-refractivity contribution in [2.75, 3.05) is 0 Å². The van der Waals surface area contributed by atoms with Gasteiger partial charge in [-0.2, -0.15) is 0 Å². The van der Waals surface area contributed by atoms with E-state index >= 15 is 0 Å². The van der Waals surface area contributed by atoms with Crippen LogP contribution in [0.25, 0.3) is 0 Å². The molecule has 0 saturated heterocycles. The van der Waals surface area contributed by atoms with Crippen LogP contribution < -0.4 is 5.73 Å². The van der Waals surface area contributed by atoms with E-state index in [1.165, 1.54) is 5.56 Å². The number of benzene rings is 1. The highest BCUT2D eigenvalue weighted by atomic mass is 127. The third-order valence-corrected chi connectivity index (χ3v) is 4.31. The zero-order valence-corrected chi connectivity index (χ0v) is 12.1. The molecule has 0 spiro atoms. The SMILES string of the molecule is NCc1c(I)ncnc1SCc1ccccc1. The molecular formula is C12H12IN3S. The highest BCUT2D eigenvalue weighted by Crippen LogP contribution is 2.25. The molecule has 3 nitrogen and oxygen atoms in total. The van der Waals surface area contributed by atoms with Crippen molar-refractivity contribution in [2.24, 2.45) is 5.73 Å². The summed E-state index contributed by atoms with van der Waals surface area (Å²) in [5.41, 5.74) is 8.04. The van der Waals surface area contributed by atoms with E-state index in [-0.39, 0.29) is 0 Å². The van der Waals surface area contributed by atoms with Crippen LogP contribution in [0.3, 0.4) is 0 Å². The van der Waals surface area contributed by atoms with E-state index in [1.54, 1.807) is 18.1 Å². The lowest BCUT2D eigenvalue weighted by Crippen LogP contribution is -2.04. The van der Waals surface area contributed by atoms with Crippen LogP contribution in [0.15, 0.2) is 41.7 Å². The summed E-state index contributed by atoms with van der Waals surface area (Å²) in [6.07, 6.45) is 1.59. The largest absolute Gasteiger partial charge is 0.326 e. The molecule has 0 aliphatic heterocycles. The third kappa shape index (κ3) is 3.40. The highest BCUT2D eigenvalue weighted by Gasteiger charge is 2.08. The maximum absolute atomic E-state index is 5.72. The van der Waals surface area contributed by atoms with Gasteiger partial charge in [0.2, 0.25) is 0 Å². The molecule has 5 heteroatoms. The number of halogens is 1. The second-order valence-electron chi connectivity index (χ2n) is 3.43. The minimum atomic E-state index is 0.482. The first-order chi connectivity index (χ1) is 8.31. The monoisotopic (exact) mass is 357 g/mol. The standard InChI is InChI=1S/C12H12IN3S/c13-11-10(6-14)12(16-8-15-11)17-7-9-4-2-1-3-5-9/h1-5,8H,6-7,14H2. The van der Waals surface area contributed by atoms with Crippen molar-refractivity contribution in [1.82, 2.24) is 9.97 Å². The Morgan fingerprint density at radius 2 is 1.94 bits per heavy atom. The number of rotatable bonds is 4. The van der Waals surface area contributed by atoms with Crippen molar-refractivity contribution in [3.63, 3.8) is 0 Å². The molecule has 0 aliphatic rings. The van der Waals surface area contributed by atoms with Gasteiger partial charge in [0.1, 0.15) is 15.1 Å². The van der Waals surface area contributed by atoms with Crippen LogP contribution in [0.5, 0.6) is 0 Å². The van der Waals surface area contributed by atoms with Crippen molar-refractivity contribution in [3.8, 4) is 0 Å². The van der Waals surface area contributed by atoms with E-state index < -0.39 is 0 Å². The fraction of sp³-hybridized carbons (Fsp3) is 0.167. The molecular weight excluding hydrogens is 345 g/mol. The summed E-state index contributed by atoms with van der Waals surface area (Å²) < 4.78 is 0.940. The van der Waals surface area contributed by atoms with Crippen molar-refractivity contribution in [2.45, 2.75) is 17.3 Å². The van der Waals surface area contributed by atoms with Gasteiger partial charge in [-0.25, -0.2) is 9.97 Å². The summed E-state index contributed by atoms with van der Waals surface area (Å²) in [6, 6.07) is 10.3. The van der Waals surface area contributed by atoms with Crippen LogP contribution in [0.4, 0.5) is 0 Å². The van der Waals surface area contributed by atoms with E-state index in [1.807, 2.05) is 18.2 Å². The molecule has 0 fully saturated rings. The predicted octanol–water partition coefficient (Wildman–Crippen LogP) is 2.83. The Hall–Kier alpha value is -0.660. The van der Waals surface area contributed by atoms with Gasteiger partial charge in [0.25, 0.3) is 0 Å². The molecule has 1 aromatic carbocycles. The molecule has 0 saturated carbocycles. The second kappa shape index (κ2) is 6.32. The molecule has 1 heterocycles. The number of thioether (sulfide) groups is 1. The van der Waals surface area contributed by atoms with E-state index in [4.69, 9.17) is 5.73 Å². The molecule has 88 valence electrons. The Morgan fingerprint density at radius 3 is 2.65 bits per heavy atom. The van der Waals surface area contributed by atoms with Crippen molar-refractivity contribution >= 4 is 34.4 Å². The van der Waals surface area contributed by atoms with Crippen LogP contribution >= 0.6 is 34.4 Å². The van der Waals surface area contributed by atoms with E-state index in [2.05, 4.69) is 44.7 Å². The minimum Gasteiger partial charge on any atom is -0.326 e. The van der Waals surface area contributed by atoms with Crippen LogP contribution in [0, 0.1) is 3.70 Å². The lowest BCUT2D eigenvalue weighted by Gasteiger charge is -2.07. The molecule has 2 N–H and O–H groups in total. The lowest BCUT2D eigenvalue weighted by atomic mass is 10.2. The maximum atomic E-state index is 5.72. The molecule has 0 atom stereocenters. The van der Waals surface area contributed by atoms with E-state index in [0.717, 1.165) is 20.0 Å². The first-order valence-corrected chi connectivity index (χ1v) is 7.24. The van der Waals surface area contributed by atoms with Gasteiger partial charge in [-0.15, -0.1) is 11.8 Å². The van der Waals surface area contributed by atoms with Crippen molar-refractivity contribution in [3.05, 3.63) is 51.5 Å². The summed E-state index contributed by atoms with van der Waals surface area (Å²) in [5.74, 6) is 0.904. The molecule has 2 aromatic rings. The number of nitrogens with zero attached hydrogens (tertiary/aromatic N) is 2. The molecule has 1 aromatic heterocycles. The average molecular weight is 357 g/mol. The van der Waals surface area contributed by atoms with Crippen LogP contribution in [-0.2, 0) is 12.3 Å². The van der Waals surface area contributed by atoms with Crippen LogP contribution in [0.2, 0.25) is 0 Å². The number of aromatic nitrogens is 2. The van der Waals surface area contributed by atoms with Gasteiger partial charge in [-0.1, -0.05) is 30.3 Å². The lowest BCUT2D eigenvalue weighted by molar-refractivity contribution is 0.902. The van der Waals surface area contributed by atoms with Gasteiger partial charge in [0.05, 0.1) is 0 Å². The first-order valence-electron chi connectivity index (χ1n) is 5.17. The Kier molecular flexibility index (Phi) is 4.75. The molecule has 17 heavy (non-hydrogen) atoms.